The van der Waals surface area contributed by atoms with E-state index in [1.807, 2.05) is 18.7 Å². The number of carbonyl (C=O) groups is 1. The van der Waals surface area contributed by atoms with Crippen molar-refractivity contribution in [3.63, 3.8) is 0 Å². The highest BCUT2D eigenvalue weighted by Crippen LogP contribution is 2.17. The fourth-order valence-electron chi connectivity index (χ4n) is 2.94. The van der Waals surface area contributed by atoms with Gasteiger partial charge in [0.1, 0.15) is 0 Å². The molecule has 2 rings (SSSR count). The van der Waals surface area contributed by atoms with Gasteiger partial charge in [0.2, 0.25) is 5.91 Å². The maximum absolute atomic E-state index is 11.8. The number of aliphatic imine (C=N–C) groups is 1. The Hall–Kier alpha value is -2.05. The van der Waals surface area contributed by atoms with Crippen LogP contribution in [-0.4, -0.2) is 53.2 Å². The minimum atomic E-state index is 0.0321. The van der Waals surface area contributed by atoms with E-state index in [-0.39, 0.29) is 12.5 Å². The van der Waals surface area contributed by atoms with Crippen LogP contribution in [0.1, 0.15) is 42.6 Å². The molecule has 1 fully saturated rings. The first kappa shape index (κ1) is 18.3. The lowest BCUT2D eigenvalue weighted by molar-refractivity contribution is -0.127. The molecule has 2 N–H and O–H groups in total. The molecule has 1 amide bonds. The number of nitrogens with one attached hydrogen (secondary N) is 2. The molecule has 24 heavy (non-hydrogen) atoms. The molecule has 1 aliphatic carbocycles. The van der Waals surface area contributed by atoms with Crippen molar-refractivity contribution in [1.29, 1.82) is 0 Å². The van der Waals surface area contributed by atoms with E-state index in [2.05, 4.69) is 22.7 Å². The number of carbonyl (C=O) groups excluding carboxylic acids is 1. The molecule has 0 bridgehead atoms. The fourth-order valence-corrected chi connectivity index (χ4v) is 2.94. The maximum atomic E-state index is 11.8. The van der Waals surface area contributed by atoms with Crippen LogP contribution in [0.3, 0.4) is 0 Å². The SMILES string of the molecule is Cc1nn(C)c(C)c1CN=C(NCC(=O)N(C)C)NC1CCCC1. The number of aryl methyl sites for hydroxylation is 2. The first-order chi connectivity index (χ1) is 11.4. The van der Waals surface area contributed by atoms with Gasteiger partial charge in [-0.25, -0.2) is 4.99 Å². The van der Waals surface area contributed by atoms with Crippen molar-refractivity contribution in [2.45, 2.75) is 52.1 Å². The average molecular weight is 334 g/mol. The lowest BCUT2D eigenvalue weighted by Crippen LogP contribution is -2.46. The second kappa shape index (κ2) is 8.17. The third kappa shape index (κ3) is 4.72. The van der Waals surface area contributed by atoms with E-state index in [0.717, 1.165) is 29.8 Å². The summed E-state index contributed by atoms with van der Waals surface area (Å²) in [6.45, 7) is 4.86. The van der Waals surface area contributed by atoms with E-state index >= 15 is 0 Å². The molecule has 7 heteroatoms. The van der Waals surface area contributed by atoms with Crippen LogP contribution in [0.25, 0.3) is 0 Å². The van der Waals surface area contributed by atoms with Gasteiger partial charge in [0.15, 0.2) is 5.96 Å². The zero-order chi connectivity index (χ0) is 17.7. The Morgan fingerprint density at radius 1 is 1.33 bits per heavy atom. The summed E-state index contributed by atoms with van der Waals surface area (Å²) in [6, 6.07) is 0.446. The van der Waals surface area contributed by atoms with E-state index in [1.165, 1.54) is 12.8 Å². The van der Waals surface area contributed by atoms with E-state index in [0.29, 0.717) is 18.5 Å². The average Bonchev–Trinajstić information content (AvgIpc) is 3.11. The van der Waals surface area contributed by atoms with Crippen LogP contribution in [0.2, 0.25) is 0 Å². The molecule has 1 heterocycles. The third-order valence-electron chi connectivity index (χ3n) is 4.66. The second-order valence-corrected chi connectivity index (χ2v) is 6.71. The van der Waals surface area contributed by atoms with Crippen molar-refractivity contribution in [3.8, 4) is 0 Å². The molecule has 0 saturated heterocycles. The lowest BCUT2D eigenvalue weighted by Gasteiger charge is -2.18. The van der Waals surface area contributed by atoms with E-state index in [1.54, 1.807) is 19.0 Å². The molecule has 0 radical (unpaired) electrons. The summed E-state index contributed by atoms with van der Waals surface area (Å²) in [7, 11) is 5.46. The van der Waals surface area contributed by atoms with Crippen LogP contribution in [0.15, 0.2) is 4.99 Å². The predicted molar refractivity (Wildman–Crippen MR) is 95.9 cm³/mol. The Kier molecular flexibility index (Phi) is 6.23. The molecular formula is C17H30N6O. The standard InChI is InChI=1S/C17H30N6O/c1-12-15(13(2)23(5)21-12)10-18-17(19-11-16(24)22(3)4)20-14-8-6-7-9-14/h14H,6-11H2,1-5H3,(H2,18,19,20). The number of rotatable bonds is 5. The Bertz CT molecular complexity index is 598. The minimum Gasteiger partial charge on any atom is -0.354 e. The highest BCUT2D eigenvalue weighted by Gasteiger charge is 2.17. The Labute approximate surface area is 144 Å². The third-order valence-corrected chi connectivity index (χ3v) is 4.66. The van der Waals surface area contributed by atoms with Crippen molar-refractivity contribution >= 4 is 11.9 Å². The van der Waals surface area contributed by atoms with Crippen molar-refractivity contribution in [3.05, 3.63) is 17.0 Å². The summed E-state index contributed by atoms with van der Waals surface area (Å²) >= 11 is 0. The molecule has 1 aliphatic rings. The lowest BCUT2D eigenvalue weighted by atomic mass is 10.2. The van der Waals surface area contributed by atoms with Crippen LogP contribution >= 0.6 is 0 Å². The van der Waals surface area contributed by atoms with Gasteiger partial charge < -0.3 is 15.5 Å². The van der Waals surface area contributed by atoms with Gasteiger partial charge in [-0.2, -0.15) is 5.10 Å². The van der Waals surface area contributed by atoms with E-state index in [9.17, 15) is 4.79 Å². The van der Waals surface area contributed by atoms with Gasteiger partial charge in [0.05, 0.1) is 18.8 Å². The van der Waals surface area contributed by atoms with Gasteiger partial charge in [-0.05, 0) is 26.7 Å². The molecule has 134 valence electrons. The van der Waals surface area contributed by atoms with Crippen molar-refractivity contribution in [1.82, 2.24) is 25.3 Å². The molecule has 0 spiro atoms. The first-order valence-corrected chi connectivity index (χ1v) is 8.62. The molecule has 0 unspecified atom stereocenters. The molecular weight excluding hydrogens is 304 g/mol. The number of hydrogen-bond acceptors (Lipinski definition) is 3. The topological polar surface area (TPSA) is 74.5 Å². The monoisotopic (exact) mass is 334 g/mol. The summed E-state index contributed by atoms with van der Waals surface area (Å²) < 4.78 is 1.88. The van der Waals surface area contributed by atoms with Gasteiger partial charge in [-0.3, -0.25) is 9.48 Å². The van der Waals surface area contributed by atoms with Crippen LogP contribution in [0, 0.1) is 13.8 Å². The molecule has 1 saturated carbocycles. The molecule has 0 aliphatic heterocycles. The largest absolute Gasteiger partial charge is 0.354 e. The highest BCUT2D eigenvalue weighted by molar-refractivity contribution is 5.86. The summed E-state index contributed by atoms with van der Waals surface area (Å²) in [4.78, 5) is 18.1. The summed E-state index contributed by atoms with van der Waals surface area (Å²) in [5, 5.41) is 11.1. The number of nitrogens with zero attached hydrogens (tertiary/aromatic N) is 4. The number of guanidine groups is 1. The van der Waals surface area contributed by atoms with Crippen LogP contribution < -0.4 is 10.6 Å². The number of hydrogen-bond donors (Lipinski definition) is 2. The van der Waals surface area contributed by atoms with Crippen molar-refractivity contribution in [2.75, 3.05) is 20.6 Å². The van der Waals surface area contributed by atoms with Crippen molar-refractivity contribution in [2.24, 2.45) is 12.0 Å². The van der Waals surface area contributed by atoms with Gasteiger partial charge in [0.25, 0.3) is 0 Å². The minimum absolute atomic E-state index is 0.0321. The van der Waals surface area contributed by atoms with Crippen LogP contribution in [-0.2, 0) is 18.4 Å². The summed E-state index contributed by atoms with van der Waals surface area (Å²) in [5.74, 6) is 0.740. The van der Waals surface area contributed by atoms with Gasteiger partial charge >= 0.3 is 0 Å². The number of amides is 1. The van der Waals surface area contributed by atoms with Crippen molar-refractivity contribution < 1.29 is 4.79 Å². The molecule has 0 atom stereocenters. The molecule has 0 aromatic carbocycles. The Morgan fingerprint density at radius 3 is 2.54 bits per heavy atom. The highest BCUT2D eigenvalue weighted by atomic mass is 16.2. The normalized spacial score (nSPS) is 15.6. The zero-order valence-corrected chi connectivity index (χ0v) is 15.5. The summed E-state index contributed by atoms with van der Waals surface area (Å²) in [6.07, 6.45) is 4.82. The van der Waals surface area contributed by atoms with Gasteiger partial charge in [-0.15, -0.1) is 0 Å². The molecule has 1 aromatic heterocycles. The zero-order valence-electron chi connectivity index (χ0n) is 15.5. The Morgan fingerprint density at radius 2 is 2.00 bits per heavy atom. The predicted octanol–water partition coefficient (Wildman–Crippen LogP) is 1.10. The second-order valence-electron chi connectivity index (χ2n) is 6.71. The molecule has 7 nitrogen and oxygen atoms in total. The maximum Gasteiger partial charge on any atom is 0.241 e. The van der Waals surface area contributed by atoms with Crippen LogP contribution in [0.4, 0.5) is 0 Å². The Balaban J connectivity index is 2.06. The van der Waals surface area contributed by atoms with Gasteiger partial charge in [0, 0.05) is 38.4 Å². The fraction of sp³-hybridized carbons (Fsp3) is 0.706. The van der Waals surface area contributed by atoms with E-state index < -0.39 is 0 Å². The van der Waals surface area contributed by atoms with Crippen LogP contribution in [0.5, 0.6) is 0 Å². The smallest absolute Gasteiger partial charge is 0.241 e. The van der Waals surface area contributed by atoms with E-state index in [4.69, 9.17) is 4.99 Å². The quantitative estimate of drug-likeness (QED) is 0.625. The first-order valence-electron chi connectivity index (χ1n) is 8.62. The summed E-state index contributed by atoms with van der Waals surface area (Å²) in [5.41, 5.74) is 3.27. The number of likely N-dealkylation sites (N-methyl/N-ethyl adjacent to an activating group) is 1. The molecule has 1 aromatic rings. The number of aromatic nitrogens is 2. The van der Waals surface area contributed by atoms with Gasteiger partial charge in [-0.1, -0.05) is 12.8 Å².